The molecule has 0 aliphatic carbocycles. The Morgan fingerprint density at radius 2 is 1.85 bits per heavy atom. The minimum atomic E-state index is -1.17. The van der Waals surface area contributed by atoms with Gasteiger partial charge in [-0.1, -0.05) is 13.8 Å². The molecular formula is C14H24N2O11. The number of nitrogens with zero attached hydrogens (tertiary/aromatic N) is 2. The fourth-order valence-electron chi connectivity index (χ4n) is 2.68. The van der Waals surface area contributed by atoms with E-state index in [0.29, 0.717) is 0 Å². The van der Waals surface area contributed by atoms with Crippen LogP contribution in [0.3, 0.4) is 0 Å². The van der Waals surface area contributed by atoms with Gasteiger partial charge in [-0.25, -0.2) is 0 Å². The van der Waals surface area contributed by atoms with Gasteiger partial charge in [0.05, 0.1) is 13.2 Å². The molecule has 0 aromatic rings. The van der Waals surface area contributed by atoms with Crippen LogP contribution >= 0.6 is 0 Å². The van der Waals surface area contributed by atoms with Crippen molar-refractivity contribution in [3.05, 3.63) is 20.2 Å². The molecular weight excluding hydrogens is 372 g/mol. The predicted molar refractivity (Wildman–Crippen MR) is 85.4 cm³/mol. The number of carbonyl (C=O) groups is 1. The van der Waals surface area contributed by atoms with Crippen molar-refractivity contribution < 1.29 is 44.0 Å². The minimum absolute atomic E-state index is 0.00759. The summed E-state index contributed by atoms with van der Waals surface area (Å²) in [6.07, 6.45) is -3.52. The number of hydrogen-bond acceptors (Lipinski definition) is 11. The molecule has 0 bridgehead atoms. The summed E-state index contributed by atoms with van der Waals surface area (Å²) in [5, 5.41) is 27.9. The first-order chi connectivity index (χ1) is 12.9. The highest BCUT2D eigenvalue weighted by Crippen LogP contribution is 2.29. The van der Waals surface area contributed by atoms with E-state index in [1.54, 1.807) is 0 Å². The average molecular weight is 396 g/mol. The Morgan fingerprint density at radius 1 is 1.19 bits per heavy atom. The molecule has 156 valence electrons. The number of esters is 1. The van der Waals surface area contributed by atoms with Gasteiger partial charge in [-0.05, 0) is 12.8 Å². The second-order valence-corrected chi connectivity index (χ2v) is 5.55. The molecule has 0 radical (unpaired) electrons. The van der Waals surface area contributed by atoms with Gasteiger partial charge in [-0.15, -0.1) is 20.2 Å². The third-order valence-electron chi connectivity index (χ3n) is 3.77. The summed E-state index contributed by atoms with van der Waals surface area (Å²) in [5.74, 6) is -0.575. The topological polar surface area (TPSA) is 170 Å². The normalized spacial score (nSPS) is 26.9. The van der Waals surface area contributed by atoms with Crippen LogP contribution in [0.2, 0.25) is 0 Å². The van der Waals surface area contributed by atoms with Gasteiger partial charge in [0.15, 0.2) is 6.10 Å². The van der Waals surface area contributed by atoms with E-state index in [-0.39, 0.29) is 32.5 Å². The number of aliphatic hydroxyl groups excluding tert-OH is 1. The molecule has 0 aromatic heterocycles. The fourth-order valence-corrected chi connectivity index (χ4v) is 2.68. The zero-order valence-corrected chi connectivity index (χ0v) is 15.1. The lowest BCUT2D eigenvalue weighted by Gasteiger charge is -2.17. The van der Waals surface area contributed by atoms with E-state index in [9.17, 15) is 30.1 Å². The SMILES string of the molecule is CC.O=C(CCCC(CO[N+](=O)[O-])O[N+](=O)[O-])OC1CO[C@@H]2C(O)CO[C@H]12. The summed E-state index contributed by atoms with van der Waals surface area (Å²) in [7, 11) is 0. The first kappa shape index (κ1) is 22.8. The zero-order chi connectivity index (χ0) is 20.4. The standard InChI is InChI=1S/C12H18N2O11.C2H6/c15-8-5-21-12-9(6-22-11(8)12)24-10(16)3-1-2-7(25-14(19)20)4-23-13(17)18;1-2/h7-9,11-12,15H,1-6H2;1-2H3/t7?,8?,9?,11-,12-;/m1./s1. The Labute approximate surface area is 154 Å². The highest BCUT2D eigenvalue weighted by atomic mass is 17.0. The summed E-state index contributed by atoms with van der Waals surface area (Å²) in [5.41, 5.74) is 0. The molecule has 5 atom stereocenters. The van der Waals surface area contributed by atoms with Crippen LogP contribution in [0.1, 0.15) is 33.1 Å². The molecule has 2 heterocycles. The Bertz CT molecular complexity index is 503. The van der Waals surface area contributed by atoms with Crippen LogP contribution in [0.15, 0.2) is 0 Å². The van der Waals surface area contributed by atoms with Crippen LogP contribution in [-0.2, 0) is 28.7 Å². The number of aliphatic hydroxyl groups is 1. The lowest BCUT2D eigenvalue weighted by molar-refractivity contribution is -0.790. The van der Waals surface area contributed by atoms with Gasteiger partial charge in [0.25, 0.3) is 10.2 Å². The lowest BCUT2D eigenvalue weighted by Crippen LogP contribution is -2.34. The van der Waals surface area contributed by atoms with Gasteiger partial charge in [-0.2, -0.15) is 0 Å². The highest BCUT2D eigenvalue weighted by Gasteiger charge is 2.48. The van der Waals surface area contributed by atoms with Crippen molar-refractivity contribution in [2.24, 2.45) is 0 Å². The Morgan fingerprint density at radius 3 is 2.48 bits per heavy atom. The number of hydrogen-bond donors (Lipinski definition) is 1. The summed E-state index contributed by atoms with van der Waals surface area (Å²) >= 11 is 0. The maximum atomic E-state index is 11.8. The molecule has 0 amide bonds. The van der Waals surface area contributed by atoms with Crippen molar-refractivity contribution >= 4 is 5.97 Å². The molecule has 0 aromatic carbocycles. The number of ether oxygens (including phenoxy) is 3. The quantitative estimate of drug-likeness (QED) is 0.300. The molecule has 2 saturated heterocycles. The van der Waals surface area contributed by atoms with Crippen LogP contribution < -0.4 is 0 Å². The summed E-state index contributed by atoms with van der Waals surface area (Å²) < 4.78 is 15.9. The van der Waals surface area contributed by atoms with Crippen molar-refractivity contribution in [2.75, 3.05) is 19.8 Å². The van der Waals surface area contributed by atoms with Crippen molar-refractivity contribution in [3.8, 4) is 0 Å². The summed E-state index contributed by atoms with van der Waals surface area (Å²) in [4.78, 5) is 40.6. The van der Waals surface area contributed by atoms with Gasteiger partial charge in [0.2, 0.25) is 0 Å². The Balaban J connectivity index is 0.00000176. The highest BCUT2D eigenvalue weighted by molar-refractivity contribution is 5.69. The summed E-state index contributed by atoms with van der Waals surface area (Å²) in [6.45, 7) is 3.61. The first-order valence-electron chi connectivity index (χ1n) is 8.56. The maximum Gasteiger partial charge on any atom is 0.306 e. The third-order valence-corrected chi connectivity index (χ3v) is 3.77. The van der Waals surface area contributed by atoms with Crippen molar-refractivity contribution in [2.45, 2.75) is 63.6 Å². The van der Waals surface area contributed by atoms with Gasteiger partial charge in [0, 0.05) is 6.42 Å². The van der Waals surface area contributed by atoms with Crippen LogP contribution in [0.25, 0.3) is 0 Å². The summed E-state index contributed by atoms with van der Waals surface area (Å²) in [6, 6.07) is 0. The molecule has 0 saturated carbocycles. The van der Waals surface area contributed by atoms with Crippen LogP contribution in [-0.4, -0.2) is 71.6 Å². The molecule has 13 nitrogen and oxygen atoms in total. The largest absolute Gasteiger partial charge is 0.457 e. The van der Waals surface area contributed by atoms with E-state index < -0.39 is 53.3 Å². The predicted octanol–water partition coefficient (Wildman–Crippen LogP) is 0.0384. The van der Waals surface area contributed by atoms with E-state index >= 15 is 0 Å². The maximum absolute atomic E-state index is 11.8. The van der Waals surface area contributed by atoms with E-state index in [2.05, 4.69) is 9.68 Å². The smallest absolute Gasteiger partial charge is 0.306 e. The molecule has 13 heteroatoms. The van der Waals surface area contributed by atoms with Gasteiger partial charge in [-0.3, -0.25) is 4.79 Å². The Hall–Kier alpha value is -2.25. The molecule has 27 heavy (non-hydrogen) atoms. The van der Waals surface area contributed by atoms with Crippen molar-refractivity contribution in [1.29, 1.82) is 0 Å². The van der Waals surface area contributed by atoms with Gasteiger partial charge in [0.1, 0.15) is 31.0 Å². The molecule has 2 aliphatic heterocycles. The van der Waals surface area contributed by atoms with Crippen molar-refractivity contribution in [1.82, 2.24) is 0 Å². The number of rotatable bonds is 10. The second kappa shape index (κ2) is 11.5. The fraction of sp³-hybridized carbons (Fsp3) is 0.929. The molecule has 0 spiro atoms. The van der Waals surface area contributed by atoms with E-state index in [1.807, 2.05) is 13.8 Å². The van der Waals surface area contributed by atoms with Crippen LogP contribution in [0.5, 0.6) is 0 Å². The first-order valence-corrected chi connectivity index (χ1v) is 8.56. The molecule has 2 rings (SSSR count). The third kappa shape index (κ3) is 7.48. The van der Waals surface area contributed by atoms with Crippen molar-refractivity contribution in [3.63, 3.8) is 0 Å². The zero-order valence-electron chi connectivity index (χ0n) is 15.1. The van der Waals surface area contributed by atoms with Crippen LogP contribution in [0.4, 0.5) is 0 Å². The van der Waals surface area contributed by atoms with E-state index in [0.717, 1.165) is 0 Å². The minimum Gasteiger partial charge on any atom is -0.457 e. The Kier molecular flexibility index (Phi) is 9.67. The molecule has 2 aliphatic rings. The average Bonchev–Trinajstić information content (AvgIpc) is 3.17. The second-order valence-electron chi connectivity index (χ2n) is 5.55. The number of carbonyl (C=O) groups excluding carboxylic acids is 1. The number of fused-ring (bicyclic) bond motifs is 1. The molecule has 3 unspecified atom stereocenters. The van der Waals surface area contributed by atoms with E-state index in [4.69, 9.17) is 14.2 Å². The van der Waals surface area contributed by atoms with Gasteiger partial charge < -0.3 is 29.0 Å². The lowest BCUT2D eigenvalue weighted by atomic mass is 10.1. The van der Waals surface area contributed by atoms with Crippen LogP contribution in [0, 0.1) is 20.2 Å². The molecule has 1 N–H and O–H groups in total. The monoisotopic (exact) mass is 396 g/mol. The van der Waals surface area contributed by atoms with E-state index in [1.165, 1.54) is 0 Å². The molecule has 2 fully saturated rings. The van der Waals surface area contributed by atoms with Gasteiger partial charge >= 0.3 is 5.97 Å².